The molecular formula is C9H17NO2. The van der Waals surface area contributed by atoms with Crippen LogP contribution in [-0.2, 0) is 9.59 Å². The van der Waals surface area contributed by atoms with Crippen LogP contribution < -0.4 is 5.32 Å². The minimum absolute atomic E-state index is 0.159. The molecule has 0 rings (SSSR count). The molecule has 0 aromatic carbocycles. The van der Waals surface area contributed by atoms with Crippen molar-refractivity contribution >= 4 is 11.7 Å². The predicted octanol–water partition coefficient (Wildman–Crippen LogP) is 1.27. The molecule has 1 N–H and O–H groups in total. The second-order valence-corrected chi connectivity index (χ2v) is 2.92. The van der Waals surface area contributed by atoms with Crippen molar-refractivity contribution in [3.63, 3.8) is 0 Å². The minimum atomic E-state index is -0.463. The molecule has 0 aliphatic rings. The van der Waals surface area contributed by atoms with Crippen LogP contribution in [0.5, 0.6) is 0 Å². The van der Waals surface area contributed by atoms with Crippen molar-refractivity contribution in [2.24, 2.45) is 0 Å². The Morgan fingerprint density at radius 3 is 2.25 bits per heavy atom. The summed E-state index contributed by atoms with van der Waals surface area (Å²) < 4.78 is 0. The molecule has 0 saturated heterocycles. The fourth-order valence-electron chi connectivity index (χ4n) is 1.01. The normalized spacial score (nSPS) is 12.2. The Morgan fingerprint density at radius 1 is 1.33 bits per heavy atom. The summed E-state index contributed by atoms with van der Waals surface area (Å²) in [4.78, 5) is 21.5. The van der Waals surface area contributed by atoms with Gasteiger partial charge in [0.25, 0.3) is 5.91 Å². The lowest BCUT2D eigenvalue weighted by atomic mass is 10.1. The number of rotatable bonds is 5. The van der Waals surface area contributed by atoms with Gasteiger partial charge in [-0.1, -0.05) is 20.3 Å². The van der Waals surface area contributed by atoms with Crippen LogP contribution in [0.4, 0.5) is 0 Å². The largest absolute Gasteiger partial charge is 0.347 e. The number of amides is 1. The second-order valence-electron chi connectivity index (χ2n) is 2.92. The van der Waals surface area contributed by atoms with Crippen LogP contribution in [0.15, 0.2) is 0 Å². The summed E-state index contributed by atoms with van der Waals surface area (Å²) in [6, 6.07) is 0.159. The van der Waals surface area contributed by atoms with Gasteiger partial charge in [-0.15, -0.1) is 0 Å². The molecule has 0 heterocycles. The number of Topliss-reactive ketones (excluding diaryl/α,β-unsaturated/α-hetero) is 1. The molecule has 3 nitrogen and oxygen atoms in total. The van der Waals surface area contributed by atoms with Gasteiger partial charge < -0.3 is 5.32 Å². The summed E-state index contributed by atoms with van der Waals surface area (Å²) in [6.07, 6.45) is 2.85. The van der Waals surface area contributed by atoms with Crippen molar-refractivity contribution in [1.82, 2.24) is 5.32 Å². The molecule has 1 atom stereocenters. The van der Waals surface area contributed by atoms with Crippen molar-refractivity contribution in [3.05, 3.63) is 0 Å². The van der Waals surface area contributed by atoms with E-state index in [-0.39, 0.29) is 6.04 Å². The SMILES string of the molecule is CCCC(CC)NC(=O)C(C)=O. The number of carbonyl (C=O) groups is 2. The molecule has 0 saturated carbocycles. The van der Waals surface area contributed by atoms with E-state index in [9.17, 15) is 9.59 Å². The molecule has 0 bridgehead atoms. The maximum absolute atomic E-state index is 10.9. The molecule has 1 unspecified atom stereocenters. The zero-order chi connectivity index (χ0) is 9.56. The van der Waals surface area contributed by atoms with Crippen LogP contribution in [0.25, 0.3) is 0 Å². The molecule has 1 amide bonds. The molecule has 70 valence electrons. The van der Waals surface area contributed by atoms with E-state index in [4.69, 9.17) is 0 Å². The van der Waals surface area contributed by atoms with Crippen molar-refractivity contribution < 1.29 is 9.59 Å². The second kappa shape index (κ2) is 5.75. The Hall–Kier alpha value is -0.860. The van der Waals surface area contributed by atoms with Crippen LogP contribution in [0, 0.1) is 0 Å². The van der Waals surface area contributed by atoms with Crippen molar-refractivity contribution in [2.75, 3.05) is 0 Å². The fraction of sp³-hybridized carbons (Fsp3) is 0.778. The minimum Gasteiger partial charge on any atom is -0.347 e. The van der Waals surface area contributed by atoms with E-state index in [0.29, 0.717) is 0 Å². The predicted molar refractivity (Wildman–Crippen MR) is 47.8 cm³/mol. The summed E-state index contributed by atoms with van der Waals surface area (Å²) in [5, 5.41) is 2.68. The van der Waals surface area contributed by atoms with E-state index in [0.717, 1.165) is 19.3 Å². The summed E-state index contributed by atoms with van der Waals surface area (Å²) in [6.45, 7) is 5.34. The van der Waals surface area contributed by atoms with Gasteiger partial charge in [0, 0.05) is 13.0 Å². The maximum Gasteiger partial charge on any atom is 0.287 e. The number of hydrogen-bond donors (Lipinski definition) is 1. The van der Waals surface area contributed by atoms with E-state index in [1.54, 1.807) is 0 Å². The Kier molecular flexibility index (Phi) is 5.34. The van der Waals surface area contributed by atoms with Crippen LogP contribution in [0.1, 0.15) is 40.0 Å². The molecule has 3 heteroatoms. The standard InChI is InChI=1S/C9H17NO2/c1-4-6-8(5-2)10-9(12)7(3)11/h8H,4-6H2,1-3H3,(H,10,12). The summed E-state index contributed by atoms with van der Waals surface area (Å²) in [5.41, 5.74) is 0. The average molecular weight is 171 g/mol. The van der Waals surface area contributed by atoms with Crippen LogP contribution in [0.3, 0.4) is 0 Å². The Labute approximate surface area is 73.5 Å². The monoisotopic (exact) mass is 171 g/mol. The first-order valence-electron chi connectivity index (χ1n) is 4.43. The Morgan fingerprint density at radius 2 is 1.92 bits per heavy atom. The molecule has 12 heavy (non-hydrogen) atoms. The molecule has 0 aliphatic heterocycles. The third-order valence-corrected chi connectivity index (χ3v) is 1.78. The van der Waals surface area contributed by atoms with E-state index < -0.39 is 11.7 Å². The summed E-state index contributed by atoms with van der Waals surface area (Å²) in [5.74, 6) is -0.875. The molecule has 0 fully saturated rings. The van der Waals surface area contributed by atoms with Crippen LogP contribution >= 0.6 is 0 Å². The van der Waals surface area contributed by atoms with Gasteiger partial charge in [-0.3, -0.25) is 9.59 Å². The van der Waals surface area contributed by atoms with E-state index in [1.165, 1.54) is 6.92 Å². The number of nitrogens with one attached hydrogen (secondary N) is 1. The first-order chi connectivity index (χ1) is 5.61. The van der Waals surface area contributed by atoms with Gasteiger partial charge in [-0.25, -0.2) is 0 Å². The fourth-order valence-corrected chi connectivity index (χ4v) is 1.01. The molecular weight excluding hydrogens is 154 g/mol. The van der Waals surface area contributed by atoms with Gasteiger partial charge >= 0.3 is 0 Å². The lowest BCUT2D eigenvalue weighted by Crippen LogP contribution is -2.37. The summed E-state index contributed by atoms with van der Waals surface area (Å²) >= 11 is 0. The van der Waals surface area contributed by atoms with Crippen molar-refractivity contribution in [1.29, 1.82) is 0 Å². The van der Waals surface area contributed by atoms with Gasteiger partial charge in [0.2, 0.25) is 5.78 Å². The van der Waals surface area contributed by atoms with E-state index in [1.807, 2.05) is 6.92 Å². The van der Waals surface area contributed by atoms with Gasteiger partial charge in [0.15, 0.2) is 0 Å². The highest BCUT2D eigenvalue weighted by atomic mass is 16.2. The lowest BCUT2D eigenvalue weighted by Gasteiger charge is -2.14. The first-order valence-corrected chi connectivity index (χ1v) is 4.43. The van der Waals surface area contributed by atoms with Crippen LogP contribution in [0.2, 0.25) is 0 Å². The van der Waals surface area contributed by atoms with Gasteiger partial charge in [-0.05, 0) is 12.8 Å². The quantitative estimate of drug-likeness (QED) is 0.633. The summed E-state index contributed by atoms with van der Waals surface area (Å²) in [7, 11) is 0. The molecule has 0 aromatic rings. The smallest absolute Gasteiger partial charge is 0.287 e. The number of carbonyl (C=O) groups excluding carboxylic acids is 2. The highest BCUT2D eigenvalue weighted by molar-refractivity contribution is 6.35. The average Bonchev–Trinajstić information content (AvgIpc) is 2.03. The molecule has 0 radical (unpaired) electrons. The molecule has 0 aliphatic carbocycles. The van der Waals surface area contributed by atoms with Crippen molar-refractivity contribution in [3.8, 4) is 0 Å². The zero-order valence-electron chi connectivity index (χ0n) is 8.02. The van der Waals surface area contributed by atoms with Gasteiger partial charge in [0.1, 0.15) is 0 Å². The first kappa shape index (κ1) is 11.1. The topological polar surface area (TPSA) is 46.2 Å². The van der Waals surface area contributed by atoms with Gasteiger partial charge in [0.05, 0.1) is 0 Å². The molecule has 0 spiro atoms. The van der Waals surface area contributed by atoms with E-state index in [2.05, 4.69) is 12.2 Å². The highest BCUT2D eigenvalue weighted by Gasteiger charge is 2.12. The Balaban J connectivity index is 3.85. The van der Waals surface area contributed by atoms with Crippen LogP contribution in [-0.4, -0.2) is 17.7 Å². The third-order valence-electron chi connectivity index (χ3n) is 1.78. The lowest BCUT2D eigenvalue weighted by molar-refractivity contribution is -0.137. The van der Waals surface area contributed by atoms with Crippen molar-refractivity contribution in [2.45, 2.75) is 46.1 Å². The molecule has 0 aromatic heterocycles. The third kappa shape index (κ3) is 4.11. The Bertz CT molecular complexity index is 166. The maximum atomic E-state index is 10.9. The number of hydrogen-bond acceptors (Lipinski definition) is 2. The number of ketones is 1. The van der Waals surface area contributed by atoms with E-state index >= 15 is 0 Å². The zero-order valence-corrected chi connectivity index (χ0v) is 8.02. The highest BCUT2D eigenvalue weighted by Crippen LogP contribution is 2.00. The van der Waals surface area contributed by atoms with Gasteiger partial charge in [-0.2, -0.15) is 0 Å².